The molecular weight excluding hydrogens is 375 g/mol. The van der Waals surface area contributed by atoms with Crippen molar-refractivity contribution in [1.82, 2.24) is 20.0 Å². The zero-order chi connectivity index (χ0) is 18.2. The van der Waals surface area contributed by atoms with Crippen LogP contribution in [0, 0.1) is 5.82 Å². The maximum atomic E-state index is 13.4. The molecule has 2 aromatic heterocycles. The average Bonchev–Trinajstić information content (AvgIpc) is 3.13. The molecule has 0 radical (unpaired) electrons. The first-order valence-electron chi connectivity index (χ1n) is 7.16. The van der Waals surface area contributed by atoms with Gasteiger partial charge in [-0.05, 0) is 44.4 Å². The predicted octanol–water partition coefficient (Wildman–Crippen LogP) is 1.15. The van der Waals surface area contributed by atoms with Crippen LogP contribution in [0.2, 0.25) is 0 Å². The van der Waals surface area contributed by atoms with E-state index in [4.69, 9.17) is 8.48 Å². The zero-order valence-corrected chi connectivity index (χ0v) is 12.9. The van der Waals surface area contributed by atoms with Gasteiger partial charge in [-0.2, -0.15) is 0 Å². The number of benzene rings is 1. The summed E-state index contributed by atoms with van der Waals surface area (Å²) in [6.45, 7) is -2.31. The lowest BCUT2D eigenvalue weighted by atomic mass is 10.3. The van der Waals surface area contributed by atoms with Crippen LogP contribution >= 0.6 is 15.9 Å². The van der Waals surface area contributed by atoms with E-state index in [1.54, 1.807) is 0 Å². The second kappa shape index (κ2) is 6.30. The third kappa shape index (κ3) is 2.87. The first-order chi connectivity index (χ1) is 11.8. The monoisotopic (exact) mass is 386 g/mol. The van der Waals surface area contributed by atoms with Crippen LogP contribution in [0.1, 0.15) is 2.74 Å². The summed E-state index contributed by atoms with van der Waals surface area (Å²) in [4.78, 5) is 12.0. The van der Waals surface area contributed by atoms with Crippen molar-refractivity contribution in [1.29, 1.82) is 0 Å². The van der Waals surface area contributed by atoms with E-state index in [0.29, 0.717) is 0 Å². The number of hydrogen-bond donors (Lipinski definition) is 2. The van der Waals surface area contributed by atoms with Crippen LogP contribution in [-0.2, 0) is 0 Å². The van der Waals surface area contributed by atoms with Crippen molar-refractivity contribution >= 4 is 21.7 Å². The van der Waals surface area contributed by atoms with Crippen LogP contribution in [0.25, 0.3) is 17.2 Å². The van der Waals surface area contributed by atoms with Crippen molar-refractivity contribution in [3.63, 3.8) is 0 Å². The second-order valence-electron chi connectivity index (χ2n) is 4.23. The Labute approximate surface area is 139 Å². The summed E-state index contributed by atoms with van der Waals surface area (Å²) in [5, 5.41) is 13.5. The Bertz CT molecular complexity index is 966. The fourth-order valence-electron chi connectivity index (χ4n) is 1.84. The van der Waals surface area contributed by atoms with Gasteiger partial charge in [0, 0.05) is 15.8 Å². The number of nitrogens with two attached hydrogens (primary N) is 1. The molecule has 0 spiro atoms. The fraction of sp³-hybridized carbons (Fsp3) is 0.167. The molecule has 0 aliphatic carbocycles. The van der Waals surface area contributed by atoms with Gasteiger partial charge in [0.15, 0.2) is 5.69 Å². The first-order valence-corrected chi connectivity index (χ1v) is 6.95. The molecule has 0 saturated carbocycles. The molecular formula is C12H10BrFN6O3. The summed E-state index contributed by atoms with van der Waals surface area (Å²) in [5.41, 5.74) is 5.52. The Kier molecular flexibility index (Phi) is 3.55. The van der Waals surface area contributed by atoms with E-state index < -0.39 is 18.1 Å². The zero-order valence-electron chi connectivity index (χ0n) is 13.3. The number of nitrogens with one attached hydrogen (secondary N) is 1. The molecule has 0 aliphatic heterocycles. The molecule has 0 saturated heterocycles. The molecule has 0 amide bonds. The van der Waals surface area contributed by atoms with Gasteiger partial charge in [0.1, 0.15) is 5.82 Å². The Balaban J connectivity index is 2.05. The van der Waals surface area contributed by atoms with Gasteiger partial charge >= 0.3 is 5.76 Å². The molecule has 1 aromatic carbocycles. The van der Waals surface area contributed by atoms with Gasteiger partial charge in [-0.25, -0.2) is 18.4 Å². The van der Waals surface area contributed by atoms with E-state index in [1.807, 2.05) is 0 Å². The van der Waals surface area contributed by atoms with Gasteiger partial charge in [-0.1, -0.05) is 5.16 Å². The molecule has 9 nitrogen and oxygen atoms in total. The van der Waals surface area contributed by atoms with Crippen molar-refractivity contribution < 1.29 is 16.3 Å². The minimum atomic E-state index is -2.01. The number of anilines is 1. The van der Waals surface area contributed by atoms with Crippen molar-refractivity contribution in [2.75, 3.05) is 18.4 Å². The quantitative estimate of drug-likeness (QED) is 0.668. The topological polar surface area (TPSA) is 125 Å². The Morgan fingerprint density at radius 3 is 3.00 bits per heavy atom. The van der Waals surface area contributed by atoms with E-state index in [1.165, 1.54) is 12.1 Å². The maximum Gasteiger partial charge on any atom is 0.446 e. The van der Waals surface area contributed by atoms with Gasteiger partial charge < -0.3 is 11.1 Å². The largest absolute Gasteiger partial charge is 0.446 e. The van der Waals surface area contributed by atoms with Gasteiger partial charge in [0.25, 0.3) is 0 Å². The second-order valence-corrected chi connectivity index (χ2v) is 5.08. The Hall–Kier alpha value is -2.53. The summed E-state index contributed by atoms with van der Waals surface area (Å²) in [5.74, 6) is -1.40. The summed E-state index contributed by atoms with van der Waals surface area (Å²) in [7, 11) is 0. The predicted molar refractivity (Wildman–Crippen MR) is 80.6 cm³/mol. The summed E-state index contributed by atoms with van der Waals surface area (Å²) in [6, 6.07) is 3.86. The third-order valence-electron chi connectivity index (χ3n) is 2.82. The third-order valence-corrected chi connectivity index (χ3v) is 3.43. The molecule has 11 heteroatoms. The minimum absolute atomic E-state index is 0.00412. The average molecular weight is 387 g/mol. The van der Waals surface area contributed by atoms with Crippen LogP contribution in [0.3, 0.4) is 0 Å². The number of halogens is 2. The summed E-state index contributed by atoms with van der Waals surface area (Å²) < 4.78 is 38.5. The van der Waals surface area contributed by atoms with Gasteiger partial charge in [-0.15, -0.1) is 0 Å². The van der Waals surface area contributed by atoms with Crippen LogP contribution < -0.4 is 16.8 Å². The molecule has 3 aromatic rings. The molecule has 3 N–H and O–H groups in total. The lowest BCUT2D eigenvalue weighted by Crippen LogP contribution is -2.16. The Morgan fingerprint density at radius 1 is 1.43 bits per heavy atom. The smallest absolute Gasteiger partial charge is 0.364 e. The fourth-order valence-corrected chi connectivity index (χ4v) is 2.20. The van der Waals surface area contributed by atoms with Crippen molar-refractivity contribution in [3.05, 3.63) is 39.0 Å². The molecule has 23 heavy (non-hydrogen) atoms. The van der Waals surface area contributed by atoms with Crippen LogP contribution in [-0.4, -0.2) is 33.1 Å². The van der Waals surface area contributed by atoms with E-state index in [9.17, 15) is 9.18 Å². The highest BCUT2D eigenvalue weighted by molar-refractivity contribution is 9.10. The maximum absolute atomic E-state index is 13.4. The first kappa shape index (κ1) is 13.0. The normalized spacial score (nSPS) is 12.8. The highest BCUT2D eigenvalue weighted by Gasteiger charge is 2.22. The summed E-state index contributed by atoms with van der Waals surface area (Å²) >= 11 is 3.03. The number of rotatable bonds is 5. The van der Waals surface area contributed by atoms with E-state index in [-0.39, 0.29) is 34.0 Å². The van der Waals surface area contributed by atoms with Crippen LogP contribution in [0.4, 0.5) is 10.2 Å². The minimum Gasteiger partial charge on any atom is -0.364 e. The van der Waals surface area contributed by atoms with Crippen molar-refractivity contribution in [3.8, 4) is 17.2 Å². The van der Waals surface area contributed by atoms with E-state index in [2.05, 4.69) is 45.9 Å². The Morgan fingerprint density at radius 2 is 2.26 bits per heavy atom. The molecule has 0 bridgehead atoms. The molecule has 0 atom stereocenters. The molecule has 3 rings (SSSR count). The standard InChI is InChI=1S/C12H10BrFN6O3/c13-7-5-6(1-2-8(7)14)20-11(19-22-12(20)21)9-10(16-4-3-15)18-23-17-9/h1-2,5H,3-4,15H2,(H,16,18)/i3D2. The van der Waals surface area contributed by atoms with E-state index >= 15 is 0 Å². The van der Waals surface area contributed by atoms with Crippen molar-refractivity contribution in [2.24, 2.45) is 5.73 Å². The molecule has 0 unspecified atom stereocenters. The number of nitrogens with zero attached hydrogens (tertiary/aromatic N) is 4. The van der Waals surface area contributed by atoms with Crippen LogP contribution in [0.5, 0.6) is 0 Å². The molecule has 0 aliphatic rings. The molecule has 120 valence electrons. The summed E-state index contributed by atoms with van der Waals surface area (Å²) in [6.07, 6.45) is 0. The highest BCUT2D eigenvalue weighted by atomic mass is 79.9. The lowest BCUT2D eigenvalue weighted by Gasteiger charge is -2.05. The lowest BCUT2D eigenvalue weighted by molar-refractivity contribution is 0.309. The highest BCUT2D eigenvalue weighted by Crippen LogP contribution is 2.25. The molecule has 0 fully saturated rings. The molecule has 2 heterocycles. The van der Waals surface area contributed by atoms with E-state index in [0.717, 1.165) is 10.6 Å². The SMILES string of the molecule is [2H]C([2H])(N)CNc1nonc1-c1noc(=O)n1-c1ccc(F)c(Br)c1. The van der Waals surface area contributed by atoms with Crippen molar-refractivity contribution in [2.45, 2.75) is 0 Å². The van der Waals surface area contributed by atoms with Gasteiger partial charge in [-0.3, -0.25) is 4.52 Å². The van der Waals surface area contributed by atoms with Crippen LogP contribution in [0.15, 0.2) is 36.6 Å². The number of hydrogen-bond acceptors (Lipinski definition) is 8. The number of aromatic nitrogens is 4. The van der Waals surface area contributed by atoms with Gasteiger partial charge in [0.2, 0.25) is 11.6 Å². The van der Waals surface area contributed by atoms with Gasteiger partial charge in [0.05, 0.1) is 10.2 Å².